The topological polar surface area (TPSA) is 184 Å². The summed E-state index contributed by atoms with van der Waals surface area (Å²) in [6.07, 6.45) is -6.31. The summed E-state index contributed by atoms with van der Waals surface area (Å²) in [5, 5.41) is 49.6. The Kier molecular flexibility index (Phi) is 6.23. The molecule has 0 saturated carbocycles. The van der Waals surface area contributed by atoms with E-state index in [4.69, 9.17) is 10.8 Å². The van der Waals surface area contributed by atoms with E-state index in [9.17, 15) is 35.0 Å². The minimum atomic E-state index is -2.69. The summed E-state index contributed by atoms with van der Waals surface area (Å²) >= 11 is 0. The van der Waals surface area contributed by atoms with Crippen LogP contribution in [-0.2, 0) is 15.1 Å². The Labute approximate surface area is 136 Å². The number of nitro benzene ring substituents is 1. The Morgan fingerprint density at radius 3 is 2.29 bits per heavy atom. The largest absolute Gasteiger partial charge is 0.394 e. The van der Waals surface area contributed by atoms with E-state index in [2.05, 4.69) is 0 Å². The van der Waals surface area contributed by atoms with Crippen LogP contribution in [0.3, 0.4) is 0 Å². The number of hydrogen-bond donors (Lipinski definition) is 5. The molecule has 1 aromatic rings. The Balaban J connectivity index is 3.61. The van der Waals surface area contributed by atoms with Crippen molar-refractivity contribution in [1.82, 2.24) is 0 Å². The number of carbonyl (C=O) groups is 2. The minimum absolute atomic E-state index is 0.508. The molecule has 6 N–H and O–H groups in total. The van der Waals surface area contributed by atoms with Crippen LogP contribution in [0.15, 0.2) is 24.3 Å². The van der Waals surface area contributed by atoms with E-state index in [0.717, 1.165) is 19.1 Å². The van der Waals surface area contributed by atoms with Crippen molar-refractivity contribution < 1.29 is 34.9 Å². The summed E-state index contributed by atoms with van der Waals surface area (Å²) in [7, 11) is 0. The lowest BCUT2D eigenvalue weighted by Gasteiger charge is -2.35. The summed E-state index contributed by atoms with van der Waals surface area (Å²) in [5.41, 5.74) is 2.01. The zero-order chi connectivity index (χ0) is 18.7. The molecule has 0 fully saturated rings. The fraction of sp³-hybridized carbons (Fsp3) is 0.429. The molecule has 0 saturated heterocycles. The second-order valence-electron chi connectivity index (χ2n) is 5.21. The van der Waals surface area contributed by atoms with Crippen LogP contribution < -0.4 is 5.73 Å². The van der Waals surface area contributed by atoms with Gasteiger partial charge < -0.3 is 26.2 Å². The van der Waals surface area contributed by atoms with Gasteiger partial charge in [-0.05, 0) is 6.07 Å². The number of aliphatic hydroxyl groups is 4. The van der Waals surface area contributed by atoms with Crippen LogP contribution in [0.4, 0.5) is 5.69 Å². The number of benzene rings is 1. The maximum absolute atomic E-state index is 12.3. The number of aliphatic hydroxyl groups excluding tert-OH is 4. The predicted molar refractivity (Wildman–Crippen MR) is 79.8 cm³/mol. The van der Waals surface area contributed by atoms with E-state index in [1.807, 2.05) is 0 Å². The van der Waals surface area contributed by atoms with Gasteiger partial charge in [0.05, 0.1) is 17.1 Å². The van der Waals surface area contributed by atoms with Gasteiger partial charge in [0, 0.05) is 13.0 Å². The van der Waals surface area contributed by atoms with Crippen molar-refractivity contribution in [3.05, 3.63) is 39.9 Å². The van der Waals surface area contributed by atoms with Crippen LogP contribution in [0.5, 0.6) is 0 Å². The van der Waals surface area contributed by atoms with Gasteiger partial charge in [-0.15, -0.1) is 0 Å². The van der Waals surface area contributed by atoms with E-state index in [1.165, 1.54) is 12.1 Å². The maximum atomic E-state index is 12.3. The zero-order valence-electron chi connectivity index (χ0n) is 12.7. The van der Waals surface area contributed by atoms with E-state index in [0.29, 0.717) is 0 Å². The smallest absolute Gasteiger partial charge is 0.275 e. The van der Waals surface area contributed by atoms with Gasteiger partial charge in [0.2, 0.25) is 5.78 Å². The summed E-state index contributed by atoms with van der Waals surface area (Å²) in [5.74, 6) is -2.51. The van der Waals surface area contributed by atoms with E-state index < -0.39 is 58.2 Å². The Hall–Kier alpha value is -2.24. The van der Waals surface area contributed by atoms with Gasteiger partial charge in [-0.3, -0.25) is 19.7 Å². The highest BCUT2D eigenvalue weighted by molar-refractivity contribution is 6.39. The number of Topliss-reactive ketones (excluding diaryl/α,β-unsaturated/α-hetero) is 2. The van der Waals surface area contributed by atoms with Crippen LogP contribution in [-0.4, -0.2) is 61.8 Å². The van der Waals surface area contributed by atoms with Crippen molar-refractivity contribution in [2.75, 3.05) is 6.61 Å². The lowest BCUT2D eigenvalue weighted by molar-refractivity contribution is -0.386. The molecule has 4 atom stereocenters. The third-order valence-corrected chi connectivity index (χ3v) is 3.61. The second-order valence-corrected chi connectivity index (χ2v) is 5.21. The van der Waals surface area contributed by atoms with Crippen LogP contribution in [0.2, 0.25) is 0 Å². The number of ketones is 2. The standard InChI is InChI=1S/C14H18N2O8/c1-7(18)12(21)14(15,13(22)11(20)10(19)6-17)8-4-2-3-5-9(8)16(23)24/h2-5,10-11,13,17,19-20,22H,6,15H2,1H3/t10-,11-,13+,14+/m1/s1. The molecule has 10 heteroatoms. The second kappa shape index (κ2) is 7.55. The average molecular weight is 342 g/mol. The normalized spacial score (nSPS) is 17.4. The molecular formula is C14H18N2O8. The third-order valence-electron chi connectivity index (χ3n) is 3.61. The molecule has 0 heterocycles. The number of nitro groups is 1. The molecule has 0 spiro atoms. The van der Waals surface area contributed by atoms with E-state index in [-0.39, 0.29) is 0 Å². The molecule has 0 unspecified atom stereocenters. The highest BCUT2D eigenvalue weighted by atomic mass is 16.6. The molecule has 0 radical (unpaired) electrons. The molecule has 10 nitrogen and oxygen atoms in total. The number of hydrogen-bond acceptors (Lipinski definition) is 9. The molecule has 0 aromatic heterocycles. The Morgan fingerprint density at radius 1 is 1.29 bits per heavy atom. The molecule has 0 aliphatic carbocycles. The van der Waals surface area contributed by atoms with Crippen LogP contribution >= 0.6 is 0 Å². The minimum Gasteiger partial charge on any atom is -0.394 e. The molecule has 0 amide bonds. The van der Waals surface area contributed by atoms with Gasteiger partial charge in [0.15, 0.2) is 5.78 Å². The monoisotopic (exact) mass is 342 g/mol. The van der Waals surface area contributed by atoms with Crippen LogP contribution in [0, 0.1) is 10.1 Å². The van der Waals surface area contributed by atoms with Gasteiger partial charge in [-0.1, -0.05) is 12.1 Å². The number of nitrogens with two attached hydrogens (primary N) is 1. The van der Waals surface area contributed by atoms with Gasteiger partial charge >= 0.3 is 0 Å². The highest BCUT2D eigenvalue weighted by Gasteiger charge is 2.52. The lowest BCUT2D eigenvalue weighted by Crippen LogP contribution is -2.62. The number of rotatable bonds is 8. The molecule has 0 aliphatic heterocycles. The number of nitrogens with zero attached hydrogens (tertiary/aromatic N) is 1. The Morgan fingerprint density at radius 2 is 1.83 bits per heavy atom. The summed E-state index contributed by atoms with van der Waals surface area (Å²) in [6.45, 7) is -0.125. The van der Waals surface area contributed by atoms with Gasteiger partial charge in [0.1, 0.15) is 23.9 Å². The first-order chi connectivity index (χ1) is 11.1. The van der Waals surface area contributed by atoms with Gasteiger partial charge in [-0.25, -0.2) is 0 Å². The summed E-state index contributed by atoms with van der Waals surface area (Å²) in [4.78, 5) is 34.1. The number of carbonyl (C=O) groups excluding carboxylic acids is 2. The molecule has 132 valence electrons. The van der Waals surface area contributed by atoms with Crippen molar-refractivity contribution >= 4 is 17.3 Å². The summed E-state index contributed by atoms with van der Waals surface area (Å²) in [6, 6.07) is 4.64. The van der Waals surface area contributed by atoms with Gasteiger partial charge in [-0.2, -0.15) is 0 Å². The van der Waals surface area contributed by atoms with E-state index in [1.54, 1.807) is 0 Å². The first-order valence-electron chi connectivity index (χ1n) is 6.82. The SMILES string of the molecule is CC(=O)C(=O)[C@@](N)(c1ccccc1[N+](=O)[O-])[C@@H](O)[C@H](O)[C@H](O)CO. The Bertz CT molecular complexity index is 649. The lowest BCUT2D eigenvalue weighted by atomic mass is 9.76. The fourth-order valence-corrected chi connectivity index (χ4v) is 2.28. The molecule has 0 aliphatic rings. The van der Waals surface area contributed by atoms with Crippen molar-refractivity contribution in [1.29, 1.82) is 0 Å². The predicted octanol–water partition coefficient (Wildman–Crippen LogP) is -2.02. The first kappa shape index (κ1) is 19.8. The van der Waals surface area contributed by atoms with E-state index >= 15 is 0 Å². The van der Waals surface area contributed by atoms with Gasteiger partial charge in [0.25, 0.3) is 5.69 Å². The van der Waals surface area contributed by atoms with Crippen LogP contribution in [0.1, 0.15) is 12.5 Å². The molecule has 24 heavy (non-hydrogen) atoms. The first-order valence-corrected chi connectivity index (χ1v) is 6.82. The highest BCUT2D eigenvalue weighted by Crippen LogP contribution is 2.33. The average Bonchev–Trinajstić information content (AvgIpc) is 2.57. The van der Waals surface area contributed by atoms with Crippen molar-refractivity contribution in [3.63, 3.8) is 0 Å². The van der Waals surface area contributed by atoms with Crippen molar-refractivity contribution in [3.8, 4) is 0 Å². The molecular weight excluding hydrogens is 324 g/mol. The van der Waals surface area contributed by atoms with Crippen molar-refractivity contribution in [2.24, 2.45) is 5.73 Å². The summed E-state index contributed by atoms with van der Waals surface area (Å²) < 4.78 is 0. The fourth-order valence-electron chi connectivity index (χ4n) is 2.28. The molecule has 1 rings (SSSR count). The quantitative estimate of drug-likeness (QED) is 0.202. The maximum Gasteiger partial charge on any atom is 0.275 e. The van der Waals surface area contributed by atoms with Crippen LogP contribution in [0.25, 0.3) is 0 Å². The zero-order valence-corrected chi connectivity index (χ0v) is 12.7. The third kappa shape index (κ3) is 3.47. The van der Waals surface area contributed by atoms with Crippen molar-refractivity contribution in [2.45, 2.75) is 30.8 Å². The number of para-hydroxylation sites is 1. The molecule has 0 bridgehead atoms. The molecule has 1 aromatic carbocycles.